The lowest BCUT2D eigenvalue weighted by atomic mass is 9.98. The Hall–Kier alpha value is -2.05. The van der Waals surface area contributed by atoms with Crippen molar-refractivity contribution in [3.05, 3.63) is 46.5 Å². The van der Waals surface area contributed by atoms with Gasteiger partial charge in [0.2, 0.25) is 0 Å². The zero-order valence-corrected chi connectivity index (χ0v) is 14.0. The SMILES string of the molecule is COC(=O)Oc1cc2c(cc1C)-c1cc(Cl)ccc1CS2(=O)=O. The predicted molar refractivity (Wildman–Crippen MR) is 85.5 cm³/mol. The van der Waals surface area contributed by atoms with Gasteiger partial charge in [0, 0.05) is 16.7 Å². The van der Waals surface area contributed by atoms with E-state index >= 15 is 0 Å². The molecule has 0 saturated heterocycles. The summed E-state index contributed by atoms with van der Waals surface area (Å²) in [7, 11) is -2.34. The summed E-state index contributed by atoms with van der Waals surface area (Å²) in [5.74, 6) is 0.0393. The highest BCUT2D eigenvalue weighted by Gasteiger charge is 2.29. The van der Waals surface area contributed by atoms with Gasteiger partial charge in [-0.2, -0.15) is 0 Å². The second-order valence-corrected chi connectivity index (χ2v) is 7.63. The van der Waals surface area contributed by atoms with Crippen LogP contribution in [0, 0.1) is 6.92 Å². The van der Waals surface area contributed by atoms with E-state index in [-0.39, 0.29) is 16.4 Å². The molecule has 2 aromatic rings. The van der Waals surface area contributed by atoms with Crippen molar-refractivity contribution >= 4 is 27.6 Å². The predicted octanol–water partition coefficient (Wildman–Crippen LogP) is 3.75. The first-order chi connectivity index (χ1) is 10.8. The van der Waals surface area contributed by atoms with E-state index in [0.29, 0.717) is 21.7 Å². The molecule has 1 heterocycles. The fourth-order valence-corrected chi connectivity index (χ4v) is 4.37. The Bertz CT molecular complexity index is 918. The van der Waals surface area contributed by atoms with E-state index < -0.39 is 16.0 Å². The molecule has 0 atom stereocenters. The first-order valence-corrected chi connectivity index (χ1v) is 8.77. The van der Waals surface area contributed by atoms with Crippen LogP contribution in [0.15, 0.2) is 35.2 Å². The van der Waals surface area contributed by atoms with Gasteiger partial charge >= 0.3 is 6.16 Å². The van der Waals surface area contributed by atoms with E-state index in [9.17, 15) is 13.2 Å². The van der Waals surface area contributed by atoms with Gasteiger partial charge in [-0.3, -0.25) is 0 Å². The van der Waals surface area contributed by atoms with Gasteiger partial charge in [0.15, 0.2) is 9.84 Å². The van der Waals surface area contributed by atoms with Crippen molar-refractivity contribution in [2.24, 2.45) is 0 Å². The maximum absolute atomic E-state index is 12.5. The molecular weight excluding hydrogens is 340 g/mol. The van der Waals surface area contributed by atoms with Gasteiger partial charge in [-0.15, -0.1) is 0 Å². The Morgan fingerprint density at radius 2 is 1.91 bits per heavy atom. The molecule has 0 N–H and O–H groups in total. The van der Waals surface area contributed by atoms with Crippen LogP contribution >= 0.6 is 11.6 Å². The number of aryl methyl sites for hydroxylation is 1. The van der Waals surface area contributed by atoms with Crippen LogP contribution in [-0.2, 0) is 20.3 Å². The molecule has 0 aromatic heterocycles. The molecule has 0 bridgehead atoms. The number of hydrogen-bond acceptors (Lipinski definition) is 5. The Balaban J connectivity index is 2.24. The van der Waals surface area contributed by atoms with Crippen molar-refractivity contribution < 1.29 is 22.7 Å². The second-order valence-electron chi connectivity index (χ2n) is 5.23. The number of benzene rings is 2. The van der Waals surface area contributed by atoms with E-state index in [1.165, 1.54) is 13.2 Å². The van der Waals surface area contributed by atoms with Gasteiger partial charge in [-0.1, -0.05) is 17.7 Å². The molecule has 1 aliphatic heterocycles. The minimum atomic E-state index is -3.53. The topological polar surface area (TPSA) is 69.7 Å². The van der Waals surface area contributed by atoms with Crippen LogP contribution in [0.4, 0.5) is 4.79 Å². The summed E-state index contributed by atoms with van der Waals surface area (Å²) < 4.78 is 34.5. The van der Waals surface area contributed by atoms with E-state index in [4.69, 9.17) is 16.3 Å². The largest absolute Gasteiger partial charge is 0.513 e. The minimum absolute atomic E-state index is 0.118. The van der Waals surface area contributed by atoms with E-state index in [1.54, 1.807) is 31.2 Å². The third-order valence-electron chi connectivity index (χ3n) is 3.68. The van der Waals surface area contributed by atoms with Crippen LogP contribution < -0.4 is 4.74 Å². The highest BCUT2D eigenvalue weighted by molar-refractivity contribution is 7.90. The minimum Gasteiger partial charge on any atom is -0.437 e. The number of sulfone groups is 1. The number of rotatable bonds is 1. The van der Waals surface area contributed by atoms with Gasteiger partial charge in [0.05, 0.1) is 17.8 Å². The molecule has 0 saturated carbocycles. The summed E-state index contributed by atoms with van der Waals surface area (Å²) in [4.78, 5) is 11.4. The molecule has 0 spiro atoms. The summed E-state index contributed by atoms with van der Waals surface area (Å²) in [6, 6.07) is 8.17. The van der Waals surface area contributed by atoms with Crippen molar-refractivity contribution in [1.82, 2.24) is 0 Å². The van der Waals surface area contributed by atoms with Crippen LogP contribution in [0.1, 0.15) is 11.1 Å². The van der Waals surface area contributed by atoms with Crippen molar-refractivity contribution in [3.63, 3.8) is 0 Å². The summed E-state index contributed by atoms with van der Waals surface area (Å²) in [6.07, 6.45) is -0.898. The molecule has 0 amide bonds. The van der Waals surface area contributed by atoms with E-state index in [0.717, 1.165) is 5.56 Å². The lowest BCUT2D eigenvalue weighted by Gasteiger charge is -2.22. The molecule has 7 heteroatoms. The number of methoxy groups -OCH3 is 1. The number of hydrogen-bond donors (Lipinski definition) is 0. The average Bonchev–Trinajstić information content (AvgIpc) is 2.49. The first-order valence-electron chi connectivity index (χ1n) is 6.74. The maximum atomic E-state index is 12.5. The Labute approximate surface area is 138 Å². The van der Waals surface area contributed by atoms with Crippen LogP contribution in [0.3, 0.4) is 0 Å². The third kappa shape index (κ3) is 2.80. The summed E-state index contributed by atoms with van der Waals surface area (Å²) in [5, 5.41) is 0.529. The third-order valence-corrected chi connectivity index (χ3v) is 5.61. The van der Waals surface area contributed by atoms with Crippen molar-refractivity contribution in [2.75, 3.05) is 7.11 Å². The van der Waals surface area contributed by atoms with Crippen LogP contribution in [0.25, 0.3) is 11.1 Å². The average molecular weight is 353 g/mol. The lowest BCUT2D eigenvalue weighted by Crippen LogP contribution is -2.15. The molecule has 5 nitrogen and oxygen atoms in total. The zero-order chi connectivity index (χ0) is 16.8. The fourth-order valence-electron chi connectivity index (χ4n) is 2.59. The Morgan fingerprint density at radius 1 is 1.17 bits per heavy atom. The van der Waals surface area contributed by atoms with Crippen LogP contribution in [0.5, 0.6) is 5.75 Å². The van der Waals surface area contributed by atoms with Gasteiger partial charge in [0.1, 0.15) is 5.75 Å². The highest BCUT2D eigenvalue weighted by Crippen LogP contribution is 2.41. The van der Waals surface area contributed by atoms with Gasteiger partial charge in [-0.05, 0) is 41.8 Å². The summed E-state index contributed by atoms with van der Waals surface area (Å²) in [5.41, 5.74) is 2.65. The normalized spacial score (nSPS) is 14.6. The molecule has 2 aromatic carbocycles. The maximum Gasteiger partial charge on any atom is 0.513 e. The number of halogens is 1. The van der Waals surface area contributed by atoms with Crippen molar-refractivity contribution in [2.45, 2.75) is 17.6 Å². The van der Waals surface area contributed by atoms with E-state index in [2.05, 4.69) is 4.74 Å². The Kier molecular flexibility index (Phi) is 3.82. The van der Waals surface area contributed by atoms with Crippen LogP contribution in [-0.4, -0.2) is 21.7 Å². The smallest absolute Gasteiger partial charge is 0.437 e. The molecule has 1 aliphatic rings. The highest BCUT2D eigenvalue weighted by atomic mass is 35.5. The van der Waals surface area contributed by atoms with Crippen LogP contribution in [0.2, 0.25) is 5.02 Å². The molecule has 0 aliphatic carbocycles. The standard InChI is InChI=1S/C16H13ClO5S/c1-9-5-13-12-6-11(17)4-3-10(12)8-23(19,20)15(13)7-14(9)22-16(18)21-2/h3-7H,8H2,1-2H3. The van der Waals surface area contributed by atoms with E-state index in [1.807, 2.05) is 0 Å². The number of ether oxygens (including phenoxy) is 2. The summed E-state index contributed by atoms with van der Waals surface area (Å²) in [6.45, 7) is 1.73. The van der Waals surface area contributed by atoms with Crippen molar-refractivity contribution in [1.29, 1.82) is 0 Å². The number of carbonyl (C=O) groups is 1. The first kappa shape index (κ1) is 15.8. The quantitative estimate of drug-likeness (QED) is 0.577. The van der Waals surface area contributed by atoms with Gasteiger partial charge < -0.3 is 9.47 Å². The number of fused-ring (bicyclic) bond motifs is 3. The number of carbonyl (C=O) groups excluding carboxylic acids is 1. The fraction of sp³-hybridized carbons (Fsp3) is 0.188. The molecule has 120 valence electrons. The Morgan fingerprint density at radius 3 is 2.61 bits per heavy atom. The zero-order valence-electron chi connectivity index (χ0n) is 12.4. The lowest BCUT2D eigenvalue weighted by molar-refractivity contribution is 0.121. The second kappa shape index (κ2) is 5.54. The molecule has 0 radical (unpaired) electrons. The molecule has 3 rings (SSSR count). The van der Waals surface area contributed by atoms with Gasteiger partial charge in [0.25, 0.3) is 0 Å². The molecule has 0 unspecified atom stereocenters. The van der Waals surface area contributed by atoms with Crippen molar-refractivity contribution in [3.8, 4) is 16.9 Å². The molecule has 0 fully saturated rings. The summed E-state index contributed by atoms with van der Waals surface area (Å²) >= 11 is 6.04. The van der Waals surface area contributed by atoms with Gasteiger partial charge in [-0.25, -0.2) is 13.2 Å². The monoisotopic (exact) mass is 352 g/mol. The molecule has 23 heavy (non-hydrogen) atoms. The molecular formula is C16H13ClO5S.